The lowest BCUT2D eigenvalue weighted by molar-refractivity contribution is 0.439. The maximum absolute atomic E-state index is 8.52. The lowest BCUT2D eigenvalue weighted by atomic mass is 9.34. The van der Waals surface area contributed by atoms with E-state index in [1.54, 1.807) is 12.3 Å². The number of nitriles is 1. The molecule has 0 aliphatic carbocycles. The summed E-state index contributed by atoms with van der Waals surface area (Å²) < 4.78 is 38.7. The molecule has 0 amide bonds. The number of hydrogen-bond acceptors (Lipinski definition) is 7. The van der Waals surface area contributed by atoms with Crippen LogP contribution < -0.4 is 56.5 Å². The van der Waals surface area contributed by atoms with Gasteiger partial charge in [-0.1, -0.05) is 268 Å². The van der Waals surface area contributed by atoms with E-state index in [4.69, 9.17) is 28.9 Å². The van der Waals surface area contributed by atoms with E-state index in [0.717, 1.165) is 84.9 Å². The van der Waals surface area contributed by atoms with Crippen molar-refractivity contribution in [3.8, 4) is 74.9 Å². The maximum atomic E-state index is 8.52. The first-order valence-corrected chi connectivity index (χ1v) is 42.5. The molecule has 5 aromatic heterocycles. The highest BCUT2D eigenvalue weighted by atomic mass is 16.5. The predicted octanol–water partition coefficient (Wildman–Crippen LogP) is 25.1. The number of aromatic nitrogens is 4. The van der Waals surface area contributed by atoms with Gasteiger partial charge in [0.1, 0.15) is 69.3 Å². The molecule has 10 nitrogen and oxygen atoms in total. The fraction of sp³-hybridized carbons (Fsp3) is 0.182. The van der Waals surface area contributed by atoms with Crippen LogP contribution in [0.25, 0.3) is 93.1 Å². The molecule has 0 spiro atoms. The minimum absolute atomic E-state index is 0.00226. The van der Waals surface area contributed by atoms with E-state index < -0.39 is 0 Å². The van der Waals surface area contributed by atoms with Crippen LogP contribution in [0.1, 0.15) is 137 Å². The molecule has 12 heteroatoms. The van der Waals surface area contributed by atoms with Crippen molar-refractivity contribution >= 4 is 128 Å². The van der Waals surface area contributed by atoms with Crippen LogP contribution in [0.2, 0.25) is 0 Å². The Morgan fingerprint density at radius 1 is 0.262 bits per heavy atom. The number of benzene rings is 14. The van der Waals surface area contributed by atoms with Crippen molar-refractivity contribution < 1.29 is 23.7 Å². The van der Waals surface area contributed by atoms with E-state index in [0.29, 0.717) is 5.69 Å². The molecule has 0 N–H and O–H groups in total. The van der Waals surface area contributed by atoms with E-state index in [-0.39, 0.29) is 40.5 Å². The Kier molecular flexibility index (Phi) is 18.1. The molecule has 0 fully saturated rings. The van der Waals surface area contributed by atoms with Gasteiger partial charge in [0.05, 0.1) is 38.6 Å². The molecule has 0 unspecified atom stereocenters. The van der Waals surface area contributed by atoms with Gasteiger partial charge in [-0.2, -0.15) is 5.26 Å². The third-order valence-corrected chi connectivity index (χ3v) is 25.0. The number of hydrogen-bond donors (Lipinski definition) is 0. The highest BCUT2D eigenvalue weighted by Crippen LogP contribution is 2.47. The molecular weight excluding hydrogens is 1490 g/mol. The van der Waals surface area contributed by atoms with Crippen LogP contribution in [-0.2, 0) is 27.1 Å². The number of pyridine rings is 1. The zero-order valence-electron chi connectivity index (χ0n) is 71.8. The standard InChI is InChI=1S/C34H28N2.C22H17BO3.C22H19BO2.C22H19N.C10H12N2/c1-34(2,3)23-20-24(35-30-16-8-4-12-26(30)27-13-5-9-17-31(27)35)22-25(21-23)36-32-18-10-6-14-28(32)29-15-7-11-19-33(29)36;1-22(2,3)12-10-17-21-18(11-12)26-16-9-5-7-14-20(16)23(21)19-13(24-14)6-4-8-15(19)25-17;1-22(2,3)14-12-19-21-20(13-14)25-18-11-7-5-9-16(18)23(21)15-8-4-6-10-17(15)24-19;1-22(2,3)14-12-17-15-8-4-6-10-19(15)23-20-11-7-5-9-16(20)18(13-14)21(17)23;1-10(2,3)8-4-5-9(6-11)12-7-8/h4-22H,1-3H3;4-11H,1-3H3;4-13H,1-3H3;4-13H,1-3H3;4-5,7H,1-3H3. The molecular formula is C110H95B2N5O5. The first-order chi connectivity index (χ1) is 58.6. The highest BCUT2D eigenvalue weighted by molar-refractivity contribution is 7.00. The van der Waals surface area contributed by atoms with Gasteiger partial charge in [0.15, 0.2) is 0 Å². The molecule has 0 saturated heterocycles. The van der Waals surface area contributed by atoms with E-state index >= 15 is 0 Å². The van der Waals surface area contributed by atoms with Crippen LogP contribution in [0.5, 0.6) is 57.5 Å². The number of nitrogens with zero attached hydrogens (tertiary/aromatic N) is 5. The average molecular weight is 1590 g/mol. The molecule has 0 atom stereocenters. The van der Waals surface area contributed by atoms with Crippen molar-refractivity contribution in [2.75, 3.05) is 0 Å². The average Bonchev–Trinajstić information content (AvgIpc) is 1.52. The summed E-state index contributed by atoms with van der Waals surface area (Å²) in [6.07, 6.45) is 1.76. The second kappa shape index (κ2) is 28.7. The fourth-order valence-electron chi connectivity index (χ4n) is 18.5. The summed E-state index contributed by atoms with van der Waals surface area (Å²) in [5, 5.41) is 19.1. The van der Waals surface area contributed by atoms with Crippen molar-refractivity contribution in [1.82, 2.24) is 18.5 Å². The van der Waals surface area contributed by atoms with Gasteiger partial charge in [0.2, 0.25) is 0 Å². The number of fused-ring (bicyclic) bond motifs is 16. The Labute approximate surface area is 713 Å². The SMILES string of the molecule is CC(C)(C)c1cc(-n2c3ccccc3c3ccccc32)cc(-n2c3ccccc3c3ccccc32)c1.CC(C)(C)c1cc2c3c(c1)Oc1cccc4c1B3c1c(cccc1O2)O4.CC(C)(C)c1cc2c3c(c1)Oc1ccccc1B3c1ccccc1O2.CC(C)(C)c1cc2c3ccccc3n3c4ccccc4c(c1)c23.CC(C)(C)c1ccc(C#N)nc1. The molecule has 5 aliphatic rings. The Balaban J connectivity index is 0.000000100. The predicted molar refractivity (Wildman–Crippen MR) is 507 cm³/mol. The van der Waals surface area contributed by atoms with Gasteiger partial charge >= 0.3 is 0 Å². The second-order valence-corrected chi connectivity index (χ2v) is 38.1. The molecule has 596 valence electrons. The zero-order chi connectivity index (χ0) is 84.2. The number of ether oxygens (including phenoxy) is 5. The minimum atomic E-state index is 0.00226. The van der Waals surface area contributed by atoms with Gasteiger partial charge in [-0.05, 0) is 199 Å². The summed E-state index contributed by atoms with van der Waals surface area (Å²) in [6.45, 7) is 33.7. The normalized spacial score (nSPS) is 13.2. The van der Waals surface area contributed by atoms with Crippen LogP contribution in [0.15, 0.2) is 303 Å². The molecule has 0 saturated carbocycles. The molecule has 5 aliphatic heterocycles. The van der Waals surface area contributed by atoms with Crippen LogP contribution in [0.4, 0.5) is 0 Å². The summed E-state index contributed by atoms with van der Waals surface area (Å²) in [4.78, 5) is 4.00. The van der Waals surface area contributed by atoms with E-state index in [9.17, 15) is 0 Å². The smallest absolute Gasteiger partial charge is 0.270 e. The first-order valence-electron chi connectivity index (χ1n) is 42.5. The van der Waals surface area contributed by atoms with E-state index in [2.05, 4.69) is 359 Å². The fourth-order valence-corrected chi connectivity index (χ4v) is 18.5. The quantitative estimate of drug-likeness (QED) is 0.159. The molecule has 19 aromatic rings. The van der Waals surface area contributed by atoms with Crippen molar-refractivity contribution in [2.24, 2.45) is 0 Å². The molecule has 122 heavy (non-hydrogen) atoms. The van der Waals surface area contributed by atoms with Gasteiger partial charge in [-0.3, -0.25) is 0 Å². The van der Waals surface area contributed by atoms with E-state index in [1.807, 2.05) is 60.7 Å². The molecule has 10 heterocycles. The topological polar surface area (TPSA) is 97.1 Å². The van der Waals surface area contributed by atoms with Gasteiger partial charge in [0.25, 0.3) is 13.4 Å². The Morgan fingerprint density at radius 2 is 0.549 bits per heavy atom. The molecule has 24 rings (SSSR count). The third-order valence-electron chi connectivity index (χ3n) is 25.0. The molecule has 0 radical (unpaired) electrons. The van der Waals surface area contributed by atoms with Crippen LogP contribution >= 0.6 is 0 Å². The van der Waals surface area contributed by atoms with Crippen molar-refractivity contribution in [3.05, 3.63) is 337 Å². The molecule has 14 aromatic carbocycles. The van der Waals surface area contributed by atoms with Gasteiger partial charge in [0, 0.05) is 82.5 Å². The summed E-state index contributed by atoms with van der Waals surface area (Å²) in [6, 6.07) is 107. The Bertz CT molecular complexity index is 7020. The minimum Gasteiger partial charge on any atom is -0.458 e. The lowest BCUT2D eigenvalue weighted by Crippen LogP contribution is -2.59. The summed E-state index contributed by atoms with van der Waals surface area (Å²) in [5.41, 5.74) is 25.2. The Morgan fingerprint density at radius 3 is 0.902 bits per heavy atom. The van der Waals surface area contributed by atoms with Gasteiger partial charge in [-0.25, -0.2) is 4.98 Å². The maximum Gasteiger partial charge on any atom is 0.270 e. The second-order valence-electron chi connectivity index (χ2n) is 38.1. The van der Waals surface area contributed by atoms with Crippen LogP contribution in [-0.4, -0.2) is 31.9 Å². The zero-order valence-corrected chi connectivity index (χ0v) is 71.8. The van der Waals surface area contributed by atoms with Crippen molar-refractivity contribution in [2.45, 2.75) is 131 Å². The summed E-state index contributed by atoms with van der Waals surface area (Å²) >= 11 is 0. The number of para-hydroxylation sites is 8. The van der Waals surface area contributed by atoms with Gasteiger partial charge in [-0.15, -0.1) is 0 Å². The highest BCUT2D eigenvalue weighted by Gasteiger charge is 2.47. The van der Waals surface area contributed by atoms with Crippen molar-refractivity contribution in [3.63, 3.8) is 0 Å². The van der Waals surface area contributed by atoms with E-state index in [1.165, 1.54) is 126 Å². The lowest BCUT2D eigenvalue weighted by Gasteiger charge is -2.38. The molecule has 0 bridgehead atoms. The first kappa shape index (κ1) is 76.9. The summed E-state index contributed by atoms with van der Waals surface area (Å²) in [5.74, 6) is 8.99. The van der Waals surface area contributed by atoms with Crippen molar-refractivity contribution in [1.29, 1.82) is 5.26 Å². The monoisotopic (exact) mass is 1590 g/mol. The summed E-state index contributed by atoms with van der Waals surface area (Å²) in [7, 11) is 0. The third kappa shape index (κ3) is 13.1. The van der Waals surface area contributed by atoms with Crippen LogP contribution in [0.3, 0.4) is 0 Å². The largest absolute Gasteiger partial charge is 0.458 e. The number of rotatable bonds is 2. The van der Waals surface area contributed by atoms with Crippen LogP contribution in [0, 0.1) is 11.3 Å². The van der Waals surface area contributed by atoms with Gasteiger partial charge < -0.3 is 37.2 Å². The Hall–Kier alpha value is -13.8.